The second-order valence-electron chi connectivity index (χ2n) is 4.64. The van der Waals surface area contributed by atoms with Crippen molar-refractivity contribution in [2.24, 2.45) is 0 Å². The van der Waals surface area contributed by atoms with Gasteiger partial charge in [-0.25, -0.2) is 4.39 Å². The number of aliphatic hydroxyl groups excluding tert-OH is 1. The zero-order chi connectivity index (χ0) is 13.1. The van der Waals surface area contributed by atoms with Crippen LogP contribution < -0.4 is 10.6 Å². The lowest BCUT2D eigenvalue weighted by atomic mass is 10.1. The topological polar surface area (TPSA) is 61.4 Å². The molecular weight excluding hydrogens is 235 g/mol. The van der Waals surface area contributed by atoms with Crippen molar-refractivity contribution in [3.05, 3.63) is 35.6 Å². The van der Waals surface area contributed by atoms with Gasteiger partial charge in [-0.2, -0.15) is 0 Å². The van der Waals surface area contributed by atoms with Crippen molar-refractivity contribution < 1.29 is 14.3 Å². The van der Waals surface area contributed by atoms with Crippen molar-refractivity contribution in [2.75, 3.05) is 6.54 Å². The second-order valence-corrected chi connectivity index (χ2v) is 4.64. The first-order valence-corrected chi connectivity index (χ1v) is 6.03. The highest BCUT2D eigenvalue weighted by molar-refractivity contribution is 5.82. The molecule has 0 aromatic heterocycles. The number of rotatable bonds is 3. The van der Waals surface area contributed by atoms with Gasteiger partial charge in [-0.05, 0) is 31.0 Å². The van der Waals surface area contributed by atoms with E-state index in [4.69, 9.17) is 0 Å². The Balaban J connectivity index is 1.95. The number of β-amino-alcohol motifs (C(OH)–C–C–N with tert-alkyl or cyclic N) is 1. The zero-order valence-corrected chi connectivity index (χ0v) is 10.2. The third-order valence-electron chi connectivity index (χ3n) is 3.13. The fourth-order valence-electron chi connectivity index (χ4n) is 2.09. The van der Waals surface area contributed by atoms with Gasteiger partial charge in [-0.3, -0.25) is 4.79 Å². The summed E-state index contributed by atoms with van der Waals surface area (Å²) in [6, 6.07) is 5.54. The van der Waals surface area contributed by atoms with Gasteiger partial charge in [0.25, 0.3) is 0 Å². The molecule has 1 aliphatic heterocycles. The van der Waals surface area contributed by atoms with E-state index in [1.807, 2.05) is 0 Å². The smallest absolute Gasteiger partial charge is 0.237 e. The monoisotopic (exact) mass is 252 g/mol. The van der Waals surface area contributed by atoms with Crippen molar-refractivity contribution >= 4 is 5.91 Å². The van der Waals surface area contributed by atoms with E-state index in [1.165, 1.54) is 12.1 Å². The van der Waals surface area contributed by atoms with Crippen LogP contribution in [0.3, 0.4) is 0 Å². The lowest BCUT2D eigenvalue weighted by molar-refractivity contribution is -0.123. The van der Waals surface area contributed by atoms with E-state index in [0.29, 0.717) is 13.0 Å². The summed E-state index contributed by atoms with van der Waals surface area (Å²) in [5.74, 6) is -0.480. The fraction of sp³-hybridized carbons (Fsp3) is 0.462. The van der Waals surface area contributed by atoms with E-state index in [9.17, 15) is 14.3 Å². The Morgan fingerprint density at radius 3 is 3.00 bits per heavy atom. The van der Waals surface area contributed by atoms with Gasteiger partial charge in [-0.15, -0.1) is 0 Å². The Labute approximate surface area is 105 Å². The molecule has 0 saturated carbocycles. The summed E-state index contributed by atoms with van der Waals surface area (Å²) in [4.78, 5) is 11.9. The molecule has 0 spiro atoms. The third kappa shape index (κ3) is 3.05. The first-order valence-electron chi connectivity index (χ1n) is 6.03. The number of amides is 1. The molecule has 1 amide bonds. The second kappa shape index (κ2) is 5.46. The van der Waals surface area contributed by atoms with Crippen LogP contribution in [-0.2, 0) is 4.79 Å². The Hall–Kier alpha value is -1.46. The average Bonchev–Trinajstić information content (AvgIpc) is 2.76. The predicted octanol–water partition coefficient (Wildman–Crippen LogP) is 0.726. The summed E-state index contributed by atoms with van der Waals surface area (Å²) < 4.78 is 13.1. The van der Waals surface area contributed by atoms with E-state index in [-0.39, 0.29) is 23.8 Å². The minimum atomic E-state index is -0.467. The minimum absolute atomic E-state index is 0.164. The third-order valence-corrected chi connectivity index (χ3v) is 3.13. The van der Waals surface area contributed by atoms with Crippen molar-refractivity contribution in [2.45, 2.75) is 31.5 Å². The Morgan fingerprint density at radius 2 is 2.39 bits per heavy atom. The van der Waals surface area contributed by atoms with Crippen LogP contribution >= 0.6 is 0 Å². The number of carbonyl (C=O) groups is 1. The highest BCUT2D eigenvalue weighted by Gasteiger charge is 2.28. The van der Waals surface area contributed by atoms with Gasteiger partial charge in [0.15, 0.2) is 0 Å². The largest absolute Gasteiger partial charge is 0.392 e. The SMILES string of the molecule is CC(NC(=O)C1CC(O)CN1)c1cccc(F)c1. The summed E-state index contributed by atoms with van der Waals surface area (Å²) in [7, 11) is 0. The first kappa shape index (κ1) is 13.0. The van der Waals surface area contributed by atoms with Gasteiger partial charge < -0.3 is 15.7 Å². The number of halogens is 1. The first-order chi connectivity index (χ1) is 8.56. The summed E-state index contributed by atoms with van der Waals surface area (Å²) in [6.07, 6.45) is -0.0490. The number of carbonyl (C=O) groups excluding carboxylic acids is 1. The molecule has 98 valence electrons. The molecule has 0 bridgehead atoms. The van der Waals surface area contributed by atoms with Crippen LogP contribution in [0.25, 0.3) is 0 Å². The molecule has 0 radical (unpaired) electrons. The van der Waals surface area contributed by atoms with Gasteiger partial charge >= 0.3 is 0 Å². The maximum atomic E-state index is 13.1. The lowest BCUT2D eigenvalue weighted by Gasteiger charge is -2.17. The normalized spacial score (nSPS) is 24.8. The van der Waals surface area contributed by atoms with Gasteiger partial charge in [0.1, 0.15) is 5.82 Å². The molecule has 3 unspecified atom stereocenters. The van der Waals surface area contributed by atoms with Crippen molar-refractivity contribution in [1.82, 2.24) is 10.6 Å². The number of hydrogen-bond donors (Lipinski definition) is 3. The maximum Gasteiger partial charge on any atom is 0.237 e. The quantitative estimate of drug-likeness (QED) is 0.743. The molecule has 4 nitrogen and oxygen atoms in total. The summed E-state index contributed by atoms with van der Waals surface area (Å²) in [5.41, 5.74) is 0.724. The maximum absolute atomic E-state index is 13.1. The predicted molar refractivity (Wildman–Crippen MR) is 65.4 cm³/mol. The van der Waals surface area contributed by atoms with Gasteiger partial charge in [0.05, 0.1) is 18.2 Å². The summed E-state index contributed by atoms with van der Waals surface area (Å²) in [6.45, 7) is 2.24. The van der Waals surface area contributed by atoms with Crippen LogP contribution in [0.4, 0.5) is 4.39 Å². The molecule has 1 aliphatic rings. The molecular formula is C13H17FN2O2. The van der Waals surface area contributed by atoms with Crippen molar-refractivity contribution in [3.8, 4) is 0 Å². The number of benzene rings is 1. The van der Waals surface area contributed by atoms with Crippen LogP contribution in [0.5, 0.6) is 0 Å². The number of aliphatic hydroxyl groups is 1. The fourth-order valence-corrected chi connectivity index (χ4v) is 2.09. The van der Waals surface area contributed by atoms with Crippen LogP contribution in [0.15, 0.2) is 24.3 Å². The van der Waals surface area contributed by atoms with Crippen molar-refractivity contribution in [3.63, 3.8) is 0 Å². The van der Waals surface area contributed by atoms with E-state index in [0.717, 1.165) is 5.56 Å². The average molecular weight is 252 g/mol. The molecule has 5 heteroatoms. The highest BCUT2D eigenvalue weighted by Crippen LogP contribution is 2.14. The van der Waals surface area contributed by atoms with E-state index in [1.54, 1.807) is 19.1 Å². The van der Waals surface area contributed by atoms with Crippen LogP contribution in [0.1, 0.15) is 24.9 Å². The molecule has 1 heterocycles. The molecule has 3 atom stereocenters. The van der Waals surface area contributed by atoms with Crippen LogP contribution in [-0.4, -0.2) is 29.7 Å². The molecule has 18 heavy (non-hydrogen) atoms. The van der Waals surface area contributed by atoms with Crippen molar-refractivity contribution in [1.29, 1.82) is 0 Å². The molecule has 1 saturated heterocycles. The lowest BCUT2D eigenvalue weighted by Crippen LogP contribution is -2.41. The molecule has 2 rings (SSSR count). The van der Waals surface area contributed by atoms with Gasteiger partial charge in [-0.1, -0.05) is 12.1 Å². The highest BCUT2D eigenvalue weighted by atomic mass is 19.1. The summed E-state index contributed by atoms with van der Waals surface area (Å²) >= 11 is 0. The molecule has 1 aromatic rings. The van der Waals surface area contributed by atoms with E-state index < -0.39 is 6.10 Å². The van der Waals surface area contributed by atoms with E-state index in [2.05, 4.69) is 10.6 Å². The molecule has 3 N–H and O–H groups in total. The molecule has 0 aliphatic carbocycles. The van der Waals surface area contributed by atoms with Crippen LogP contribution in [0, 0.1) is 5.82 Å². The Morgan fingerprint density at radius 1 is 1.61 bits per heavy atom. The minimum Gasteiger partial charge on any atom is -0.392 e. The van der Waals surface area contributed by atoms with Gasteiger partial charge in [0.2, 0.25) is 5.91 Å². The zero-order valence-electron chi connectivity index (χ0n) is 10.2. The Kier molecular flexibility index (Phi) is 3.93. The molecule has 1 fully saturated rings. The summed E-state index contributed by atoms with van der Waals surface area (Å²) in [5, 5.41) is 15.1. The van der Waals surface area contributed by atoms with Gasteiger partial charge in [0, 0.05) is 6.54 Å². The van der Waals surface area contributed by atoms with Crippen LogP contribution in [0.2, 0.25) is 0 Å². The number of nitrogens with one attached hydrogen (secondary N) is 2. The standard InChI is InChI=1S/C13H17FN2O2/c1-8(9-3-2-4-10(14)5-9)16-13(18)12-6-11(17)7-15-12/h2-5,8,11-12,15,17H,6-7H2,1H3,(H,16,18). The number of hydrogen-bond acceptors (Lipinski definition) is 3. The molecule has 1 aromatic carbocycles. The van der Waals surface area contributed by atoms with E-state index >= 15 is 0 Å². The Bertz CT molecular complexity index is 439.